The second kappa shape index (κ2) is 5.14. The highest BCUT2D eigenvalue weighted by Gasteiger charge is 2.29. The van der Waals surface area contributed by atoms with Crippen molar-refractivity contribution in [2.24, 2.45) is 0 Å². The average molecular weight is 246 g/mol. The van der Waals surface area contributed by atoms with E-state index in [1.807, 2.05) is 0 Å². The predicted molar refractivity (Wildman–Crippen MR) is 67.4 cm³/mol. The number of ketones is 1. The fourth-order valence-corrected chi connectivity index (χ4v) is 2.55. The van der Waals surface area contributed by atoms with Gasteiger partial charge in [-0.25, -0.2) is 0 Å². The first-order valence-electron chi connectivity index (χ1n) is 6.57. The largest absolute Gasteiger partial charge is 0.378 e. The van der Waals surface area contributed by atoms with Gasteiger partial charge in [-0.05, 0) is 63.2 Å². The van der Waals surface area contributed by atoms with Crippen LogP contribution in [0.3, 0.4) is 0 Å². The molecule has 0 heterocycles. The predicted octanol–water partition coefficient (Wildman–Crippen LogP) is 1.17. The SMILES string of the molecule is O=C(C#CC1(O)CCCC1)C#CC1(O)CCCC1. The molecular weight excluding hydrogens is 228 g/mol. The van der Waals surface area contributed by atoms with Gasteiger partial charge in [0.15, 0.2) is 0 Å². The molecule has 0 aromatic heterocycles. The molecule has 0 saturated heterocycles. The molecule has 0 aliphatic heterocycles. The molecule has 2 N–H and O–H groups in total. The summed E-state index contributed by atoms with van der Waals surface area (Å²) >= 11 is 0. The molecule has 0 radical (unpaired) electrons. The third kappa shape index (κ3) is 3.35. The molecule has 2 aliphatic carbocycles. The Balaban J connectivity index is 1.97. The molecule has 3 nitrogen and oxygen atoms in total. The Morgan fingerprint density at radius 3 is 1.44 bits per heavy atom. The summed E-state index contributed by atoms with van der Waals surface area (Å²) in [5.41, 5.74) is -2.00. The average Bonchev–Trinajstić information content (AvgIpc) is 2.95. The molecule has 0 aromatic carbocycles. The van der Waals surface area contributed by atoms with Crippen molar-refractivity contribution in [1.82, 2.24) is 0 Å². The summed E-state index contributed by atoms with van der Waals surface area (Å²) in [6, 6.07) is 0. The number of hydrogen-bond donors (Lipinski definition) is 2. The van der Waals surface area contributed by atoms with Crippen molar-refractivity contribution in [2.75, 3.05) is 0 Å². The Morgan fingerprint density at radius 1 is 0.778 bits per heavy atom. The van der Waals surface area contributed by atoms with E-state index in [2.05, 4.69) is 23.7 Å². The van der Waals surface area contributed by atoms with Gasteiger partial charge in [0.1, 0.15) is 11.2 Å². The smallest absolute Gasteiger partial charge is 0.279 e. The van der Waals surface area contributed by atoms with E-state index >= 15 is 0 Å². The molecule has 3 heteroatoms. The third-order valence-electron chi connectivity index (χ3n) is 3.68. The summed E-state index contributed by atoms with van der Waals surface area (Å²) in [7, 11) is 0. The van der Waals surface area contributed by atoms with E-state index in [1.54, 1.807) is 0 Å². The van der Waals surface area contributed by atoms with Crippen LogP contribution in [0.15, 0.2) is 0 Å². The molecule has 2 aliphatic rings. The van der Waals surface area contributed by atoms with Gasteiger partial charge >= 0.3 is 0 Å². The van der Waals surface area contributed by atoms with E-state index in [0.717, 1.165) is 25.7 Å². The van der Waals surface area contributed by atoms with Crippen LogP contribution in [0.4, 0.5) is 0 Å². The fourth-order valence-electron chi connectivity index (χ4n) is 2.55. The van der Waals surface area contributed by atoms with Gasteiger partial charge in [0.05, 0.1) is 0 Å². The quantitative estimate of drug-likeness (QED) is 0.498. The van der Waals surface area contributed by atoms with Crippen molar-refractivity contribution >= 4 is 5.78 Å². The molecule has 0 spiro atoms. The minimum absolute atomic E-state index is 0.518. The van der Waals surface area contributed by atoms with Gasteiger partial charge in [0.25, 0.3) is 5.78 Å². The zero-order valence-corrected chi connectivity index (χ0v) is 10.5. The summed E-state index contributed by atoms with van der Waals surface area (Å²) in [4.78, 5) is 11.5. The maximum Gasteiger partial charge on any atom is 0.279 e. The van der Waals surface area contributed by atoms with Crippen LogP contribution >= 0.6 is 0 Å². The summed E-state index contributed by atoms with van der Waals surface area (Å²) in [5.74, 6) is 9.48. The van der Waals surface area contributed by atoms with Crippen LogP contribution in [0.1, 0.15) is 51.4 Å². The topological polar surface area (TPSA) is 57.5 Å². The van der Waals surface area contributed by atoms with E-state index < -0.39 is 17.0 Å². The number of rotatable bonds is 0. The maximum absolute atomic E-state index is 11.5. The van der Waals surface area contributed by atoms with E-state index in [1.165, 1.54) is 0 Å². The van der Waals surface area contributed by atoms with Crippen molar-refractivity contribution < 1.29 is 15.0 Å². The van der Waals surface area contributed by atoms with Crippen molar-refractivity contribution in [3.8, 4) is 23.7 Å². The van der Waals surface area contributed by atoms with Crippen molar-refractivity contribution in [1.29, 1.82) is 0 Å². The molecule has 2 fully saturated rings. The first kappa shape index (κ1) is 13.1. The highest BCUT2D eigenvalue weighted by Crippen LogP contribution is 2.29. The Kier molecular flexibility index (Phi) is 3.76. The van der Waals surface area contributed by atoms with Crippen LogP contribution in [0.5, 0.6) is 0 Å². The molecule has 0 atom stereocenters. The third-order valence-corrected chi connectivity index (χ3v) is 3.68. The lowest BCUT2D eigenvalue weighted by atomic mass is 10.0. The zero-order valence-electron chi connectivity index (χ0n) is 10.5. The van der Waals surface area contributed by atoms with Crippen LogP contribution in [0, 0.1) is 23.7 Å². The van der Waals surface area contributed by atoms with Crippen molar-refractivity contribution in [3.05, 3.63) is 0 Å². The molecule has 2 saturated carbocycles. The second-order valence-electron chi connectivity index (χ2n) is 5.31. The van der Waals surface area contributed by atoms with Gasteiger partial charge in [-0.3, -0.25) is 4.79 Å². The van der Waals surface area contributed by atoms with E-state index in [-0.39, 0.29) is 0 Å². The molecular formula is C15H18O3. The minimum Gasteiger partial charge on any atom is -0.378 e. The molecule has 96 valence electrons. The number of carbonyl (C=O) groups is 1. The van der Waals surface area contributed by atoms with E-state index in [4.69, 9.17) is 0 Å². The summed E-state index contributed by atoms with van der Waals surface area (Å²) < 4.78 is 0. The van der Waals surface area contributed by atoms with Gasteiger partial charge in [-0.15, -0.1) is 0 Å². The standard InChI is InChI=1S/C15H18O3/c16-13(5-11-14(17)7-1-2-8-14)6-12-15(18)9-3-4-10-15/h17-18H,1-4,7-10H2. The Bertz CT molecular complexity index is 402. The zero-order chi connectivity index (χ0) is 13.1. The van der Waals surface area contributed by atoms with Crippen molar-refractivity contribution in [2.45, 2.75) is 62.6 Å². The summed E-state index contributed by atoms with van der Waals surface area (Å²) in [6.07, 6.45) is 6.32. The fraction of sp³-hybridized carbons (Fsp3) is 0.667. The number of Topliss-reactive ketones (excluding diaryl/α,β-unsaturated/α-hetero) is 1. The van der Waals surface area contributed by atoms with Gasteiger partial charge < -0.3 is 10.2 Å². The lowest BCUT2D eigenvalue weighted by Crippen LogP contribution is -2.22. The molecule has 0 amide bonds. The molecule has 0 bridgehead atoms. The highest BCUT2D eigenvalue weighted by atomic mass is 16.3. The van der Waals surface area contributed by atoms with Gasteiger partial charge in [-0.1, -0.05) is 11.8 Å². The summed E-state index contributed by atoms with van der Waals surface area (Å²) in [5, 5.41) is 19.9. The maximum atomic E-state index is 11.5. The lowest BCUT2D eigenvalue weighted by molar-refractivity contribution is -0.109. The number of hydrogen-bond acceptors (Lipinski definition) is 3. The van der Waals surface area contributed by atoms with Gasteiger partial charge in [-0.2, -0.15) is 0 Å². The van der Waals surface area contributed by atoms with Gasteiger partial charge in [0, 0.05) is 0 Å². The first-order valence-corrected chi connectivity index (χ1v) is 6.57. The van der Waals surface area contributed by atoms with Gasteiger partial charge in [0.2, 0.25) is 0 Å². The van der Waals surface area contributed by atoms with E-state index in [0.29, 0.717) is 25.7 Å². The highest BCUT2D eigenvalue weighted by molar-refractivity contribution is 6.09. The van der Waals surface area contributed by atoms with Crippen LogP contribution in [-0.2, 0) is 4.79 Å². The molecule has 2 rings (SSSR count). The molecule has 0 aromatic rings. The van der Waals surface area contributed by atoms with Crippen LogP contribution in [0.2, 0.25) is 0 Å². The summed E-state index contributed by atoms with van der Waals surface area (Å²) in [6.45, 7) is 0. The Morgan fingerprint density at radius 2 is 1.11 bits per heavy atom. The Hall–Kier alpha value is -1.29. The monoisotopic (exact) mass is 246 g/mol. The second-order valence-corrected chi connectivity index (χ2v) is 5.31. The lowest BCUT2D eigenvalue weighted by Gasteiger charge is -2.12. The number of aliphatic hydroxyl groups is 2. The molecule has 0 unspecified atom stereocenters. The minimum atomic E-state index is -0.998. The van der Waals surface area contributed by atoms with Crippen LogP contribution < -0.4 is 0 Å². The van der Waals surface area contributed by atoms with Crippen molar-refractivity contribution in [3.63, 3.8) is 0 Å². The molecule has 18 heavy (non-hydrogen) atoms. The Labute approximate surface area is 108 Å². The van der Waals surface area contributed by atoms with E-state index in [9.17, 15) is 15.0 Å². The van der Waals surface area contributed by atoms with Crippen LogP contribution in [0.25, 0.3) is 0 Å². The normalized spacial score (nSPS) is 23.7. The first-order chi connectivity index (χ1) is 8.52. The number of carbonyl (C=O) groups excluding carboxylic acids is 1. The van der Waals surface area contributed by atoms with Crippen LogP contribution in [-0.4, -0.2) is 27.2 Å².